The molecule has 1 unspecified atom stereocenters. The number of thiocarbonyl (C=S) groups is 1. The molecule has 0 heterocycles. The molecule has 0 aliphatic heterocycles. The smallest absolute Gasteiger partial charge is 0.107 e. The van der Waals surface area contributed by atoms with Gasteiger partial charge in [-0.1, -0.05) is 32.1 Å². The van der Waals surface area contributed by atoms with Crippen molar-refractivity contribution >= 4 is 34.7 Å². The Labute approximate surface area is 120 Å². The first kappa shape index (κ1) is 15.3. The van der Waals surface area contributed by atoms with E-state index in [1.54, 1.807) is 11.8 Å². The standard InChI is InChI=1S/C14H22N2S2/c1-9(2)8-10(3)16-11-6-5-7-12(18-4)13(11)14(15)17/h5-7,9-10,16H,8H2,1-4H3,(H2,15,17). The third-order valence-corrected chi connectivity index (χ3v) is 3.70. The second kappa shape index (κ2) is 7.00. The van der Waals surface area contributed by atoms with Gasteiger partial charge in [0.1, 0.15) is 4.99 Å². The maximum absolute atomic E-state index is 5.85. The molecule has 4 heteroatoms. The Balaban J connectivity index is 2.98. The van der Waals surface area contributed by atoms with E-state index in [1.807, 2.05) is 18.4 Å². The van der Waals surface area contributed by atoms with E-state index in [9.17, 15) is 0 Å². The first-order chi connectivity index (χ1) is 8.45. The van der Waals surface area contributed by atoms with E-state index in [0.717, 1.165) is 22.6 Å². The Bertz CT molecular complexity index is 416. The molecule has 0 aliphatic rings. The van der Waals surface area contributed by atoms with E-state index in [0.29, 0.717) is 16.9 Å². The monoisotopic (exact) mass is 282 g/mol. The van der Waals surface area contributed by atoms with Gasteiger partial charge < -0.3 is 11.1 Å². The van der Waals surface area contributed by atoms with Crippen LogP contribution in [-0.2, 0) is 0 Å². The third kappa shape index (κ3) is 4.18. The van der Waals surface area contributed by atoms with Crippen LogP contribution in [0.5, 0.6) is 0 Å². The zero-order valence-electron chi connectivity index (χ0n) is 11.5. The van der Waals surface area contributed by atoms with Gasteiger partial charge in [0.2, 0.25) is 0 Å². The van der Waals surface area contributed by atoms with Crippen LogP contribution in [-0.4, -0.2) is 17.3 Å². The van der Waals surface area contributed by atoms with Crippen LogP contribution in [0.3, 0.4) is 0 Å². The molecule has 3 N–H and O–H groups in total. The Morgan fingerprint density at radius 2 is 2.06 bits per heavy atom. The van der Waals surface area contributed by atoms with Gasteiger partial charge in [-0.3, -0.25) is 0 Å². The van der Waals surface area contributed by atoms with Gasteiger partial charge >= 0.3 is 0 Å². The van der Waals surface area contributed by atoms with Crippen molar-refractivity contribution in [1.29, 1.82) is 0 Å². The Morgan fingerprint density at radius 3 is 2.56 bits per heavy atom. The van der Waals surface area contributed by atoms with E-state index < -0.39 is 0 Å². The Hall–Kier alpha value is -0.740. The number of anilines is 1. The largest absolute Gasteiger partial charge is 0.389 e. The van der Waals surface area contributed by atoms with Gasteiger partial charge in [-0.15, -0.1) is 11.8 Å². The highest BCUT2D eigenvalue weighted by atomic mass is 32.2. The molecule has 1 aromatic rings. The number of benzene rings is 1. The molecule has 100 valence electrons. The molecule has 1 aromatic carbocycles. The summed E-state index contributed by atoms with van der Waals surface area (Å²) in [6, 6.07) is 6.55. The predicted octanol–water partition coefficient (Wildman–Crippen LogP) is 3.89. The van der Waals surface area contributed by atoms with E-state index in [-0.39, 0.29) is 0 Å². The SMILES string of the molecule is CSc1cccc(NC(C)CC(C)C)c1C(N)=S. The van der Waals surface area contributed by atoms with Gasteiger partial charge in [-0.05, 0) is 37.7 Å². The summed E-state index contributed by atoms with van der Waals surface area (Å²) in [7, 11) is 0. The number of rotatable bonds is 6. The second-order valence-electron chi connectivity index (χ2n) is 4.92. The molecule has 2 nitrogen and oxygen atoms in total. The number of hydrogen-bond acceptors (Lipinski definition) is 3. The summed E-state index contributed by atoms with van der Waals surface area (Å²) in [6.45, 7) is 6.64. The van der Waals surface area contributed by atoms with Crippen molar-refractivity contribution < 1.29 is 0 Å². The van der Waals surface area contributed by atoms with E-state index in [4.69, 9.17) is 18.0 Å². The molecule has 0 saturated carbocycles. The fourth-order valence-electron chi connectivity index (χ4n) is 2.11. The van der Waals surface area contributed by atoms with Crippen LogP contribution < -0.4 is 11.1 Å². The molecule has 0 saturated heterocycles. The van der Waals surface area contributed by atoms with Crippen molar-refractivity contribution in [2.75, 3.05) is 11.6 Å². The summed E-state index contributed by atoms with van der Waals surface area (Å²) in [4.78, 5) is 1.59. The molecule has 1 atom stereocenters. The van der Waals surface area contributed by atoms with Crippen LogP contribution in [0, 0.1) is 5.92 Å². The van der Waals surface area contributed by atoms with Crippen LogP contribution in [0.25, 0.3) is 0 Å². The van der Waals surface area contributed by atoms with Crippen molar-refractivity contribution in [3.05, 3.63) is 23.8 Å². The van der Waals surface area contributed by atoms with Crippen molar-refractivity contribution in [3.8, 4) is 0 Å². The Kier molecular flexibility index (Phi) is 5.96. The minimum absolute atomic E-state index is 0.412. The van der Waals surface area contributed by atoms with Crippen LogP contribution in [0.2, 0.25) is 0 Å². The van der Waals surface area contributed by atoms with Crippen molar-refractivity contribution in [2.45, 2.75) is 38.1 Å². The number of thioether (sulfide) groups is 1. The topological polar surface area (TPSA) is 38.0 Å². The van der Waals surface area contributed by atoms with E-state index >= 15 is 0 Å². The summed E-state index contributed by atoms with van der Waals surface area (Å²) in [5.41, 5.74) is 7.86. The third-order valence-electron chi connectivity index (χ3n) is 2.72. The van der Waals surface area contributed by atoms with Gasteiger partial charge in [0.25, 0.3) is 0 Å². The van der Waals surface area contributed by atoms with Gasteiger partial charge in [-0.25, -0.2) is 0 Å². The summed E-state index contributed by atoms with van der Waals surface area (Å²) < 4.78 is 0. The fraction of sp³-hybridized carbons (Fsp3) is 0.500. The van der Waals surface area contributed by atoms with Crippen molar-refractivity contribution in [3.63, 3.8) is 0 Å². The average Bonchev–Trinajstić information content (AvgIpc) is 2.26. The molecule has 1 rings (SSSR count). The Morgan fingerprint density at radius 1 is 1.39 bits per heavy atom. The minimum Gasteiger partial charge on any atom is -0.389 e. The van der Waals surface area contributed by atoms with Gasteiger partial charge in [0.05, 0.1) is 0 Å². The molecular weight excluding hydrogens is 260 g/mol. The molecule has 0 amide bonds. The lowest BCUT2D eigenvalue weighted by molar-refractivity contribution is 0.539. The highest BCUT2D eigenvalue weighted by Crippen LogP contribution is 2.28. The second-order valence-corrected chi connectivity index (χ2v) is 6.21. The summed E-state index contributed by atoms with van der Waals surface area (Å²) in [6.07, 6.45) is 3.17. The number of nitrogens with one attached hydrogen (secondary N) is 1. The zero-order valence-corrected chi connectivity index (χ0v) is 13.1. The molecule has 0 spiro atoms. The van der Waals surface area contributed by atoms with Crippen molar-refractivity contribution in [2.24, 2.45) is 11.7 Å². The molecule has 0 bridgehead atoms. The first-order valence-electron chi connectivity index (χ1n) is 6.19. The average molecular weight is 282 g/mol. The first-order valence-corrected chi connectivity index (χ1v) is 7.82. The highest BCUT2D eigenvalue weighted by Gasteiger charge is 2.13. The predicted molar refractivity (Wildman–Crippen MR) is 86.7 cm³/mol. The lowest BCUT2D eigenvalue weighted by Crippen LogP contribution is -2.21. The normalized spacial score (nSPS) is 12.5. The minimum atomic E-state index is 0.412. The van der Waals surface area contributed by atoms with Gasteiger partial charge in [0.15, 0.2) is 0 Å². The van der Waals surface area contributed by atoms with E-state index in [1.165, 1.54) is 0 Å². The lowest BCUT2D eigenvalue weighted by Gasteiger charge is -2.20. The lowest BCUT2D eigenvalue weighted by atomic mass is 10.0. The van der Waals surface area contributed by atoms with Crippen LogP contribution >= 0.6 is 24.0 Å². The van der Waals surface area contributed by atoms with Gasteiger partial charge in [-0.2, -0.15) is 0 Å². The summed E-state index contributed by atoms with van der Waals surface area (Å²) in [5, 5.41) is 3.52. The summed E-state index contributed by atoms with van der Waals surface area (Å²) >= 11 is 6.84. The molecular formula is C14H22N2S2. The molecule has 0 radical (unpaired) electrons. The molecule has 0 fully saturated rings. The quantitative estimate of drug-likeness (QED) is 0.613. The van der Waals surface area contributed by atoms with E-state index in [2.05, 4.69) is 32.2 Å². The molecule has 18 heavy (non-hydrogen) atoms. The van der Waals surface area contributed by atoms with Crippen LogP contribution in [0.15, 0.2) is 23.1 Å². The highest BCUT2D eigenvalue weighted by molar-refractivity contribution is 7.98. The van der Waals surface area contributed by atoms with Crippen LogP contribution in [0.4, 0.5) is 5.69 Å². The van der Waals surface area contributed by atoms with Gasteiger partial charge in [0, 0.05) is 22.2 Å². The van der Waals surface area contributed by atoms with Crippen LogP contribution in [0.1, 0.15) is 32.8 Å². The number of nitrogens with two attached hydrogens (primary N) is 1. The maximum atomic E-state index is 5.85. The zero-order chi connectivity index (χ0) is 13.7. The number of hydrogen-bond donors (Lipinski definition) is 2. The summed E-state index contributed by atoms with van der Waals surface area (Å²) in [5.74, 6) is 0.671. The van der Waals surface area contributed by atoms with Crippen molar-refractivity contribution in [1.82, 2.24) is 0 Å². The molecule has 0 aliphatic carbocycles. The fourth-order valence-corrected chi connectivity index (χ4v) is 3.03. The maximum Gasteiger partial charge on any atom is 0.107 e. The molecule has 0 aromatic heterocycles.